The van der Waals surface area contributed by atoms with Crippen LogP contribution in [-0.2, 0) is 14.3 Å². The number of carbonyl (C=O) groups excluding carboxylic acids is 2. The zero-order chi connectivity index (χ0) is 21.3. The first-order valence-electron chi connectivity index (χ1n) is 9.61. The van der Waals surface area contributed by atoms with Crippen molar-refractivity contribution in [2.45, 2.75) is 25.9 Å². The minimum absolute atomic E-state index is 0.0400. The van der Waals surface area contributed by atoms with Gasteiger partial charge in [-0.15, -0.1) is 0 Å². The first kappa shape index (κ1) is 20.7. The van der Waals surface area contributed by atoms with E-state index in [1.807, 2.05) is 13.0 Å². The molecule has 2 N–H and O–H groups in total. The quantitative estimate of drug-likeness (QED) is 0.556. The molecule has 0 radical (unpaired) electrons. The smallest absolute Gasteiger partial charge is 0.325 e. The number of nitrogens with zero attached hydrogens (tertiary/aromatic N) is 3. The summed E-state index contributed by atoms with van der Waals surface area (Å²) in [6, 6.07) is 2.02. The lowest BCUT2D eigenvalue weighted by Gasteiger charge is -2.28. The number of halogens is 1. The normalized spacial score (nSPS) is 15.0. The summed E-state index contributed by atoms with van der Waals surface area (Å²) < 4.78 is 19.9. The first-order chi connectivity index (χ1) is 14.4. The molecule has 0 unspecified atom stereocenters. The van der Waals surface area contributed by atoms with Gasteiger partial charge in [-0.25, -0.2) is 14.4 Å². The van der Waals surface area contributed by atoms with Crippen LogP contribution < -0.4 is 10.6 Å². The standard InChI is InChI=1S/C19H22FN5O3S2/c1-10-16-12(7-13-17(10)24-19(30-13)22-9-15(27)28-2)29-18(23-16)21-8-14(26)25-5-3-11(20)4-6-25/h7,11H,3-6,8-9H2,1-2H3,(H,21,23)(H,22,24). The number of aryl methyl sites for hydroxylation is 1. The summed E-state index contributed by atoms with van der Waals surface area (Å²) in [5, 5.41) is 7.40. The Morgan fingerprint density at radius 3 is 2.27 bits per heavy atom. The Labute approximate surface area is 180 Å². The van der Waals surface area contributed by atoms with Crippen molar-refractivity contribution in [1.82, 2.24) is 14.9 Å². The third kappa shape index (κ3) is 4.31. The van der Waals surface area contributed by atoms with Gasteiger partial charge in [0.15, 0.2) is 10.3 Å². The minimum atomic E-state index is -0.798. The molecule has 8 nitrogen and oxygen atoms in total. The van der Waals surface area contributed by atoms with Crippen molar-refractivity contribution < 1.29 is 18.7 Å². The highest BCUT2D eigenvalue weighted by molar-refractivity contribution is 7.24. The summed E-state index contributed by atoms with van der Waals surface area (Å²) in [5.74, 6) is -0.394. The van der Waals surface area contributed by atoms with Gasteiger partial charge >= 0.3 is 5.97 Å². The summed E-state index contributed by atoms with van der Waals surface area (Å²) in [5.41, 5.74) is 2.62. The van der Waals surface area contributed by atoms with E-state index in [9.17, 15) is 14.0 Å². The number of benzene rings is 1. The van der Waals surface area contributed by atoms with E-state index < -0.39 is 6.17 Å². The topological polar surface area (TPSA) is 96.5 Å². The van der Waals surface area contributed by atoms with Gasteiger partial charge in [-0.1, -0.05) is 22.7 Å². The molecule has 0 atom stereocenters. The summed E-state index contributed by atoms with van der Waals surface area (Å²) in [4.78, 5) is 34.6. The lowest BCUT2D eigenvalue weighted by molar-refractivity contribution is -0.138. The van der Waals surface area contributed by atoms with Crippen molar-refractivity contribution in [3.05, 3.63) is 11.6 Å². The molecule has 1 saturated heterocycles. The maximum atomic E-state index is 13.2. The predicted octanol–water partition coefficient (Wildman–Crippen LogP) is 3.17. The second-order valence-corrected chi connectivity index (χ2v) is 9.13. The molecule has 1 amide bonds. The molecule has 0 bridgehead atoms. The van der Waals surface area contributed by atoms with Crippen molar-refractivity contribution in [2.75, 3.05) is 43.9 Å². The molecule has 1 aromatic carbocycles. The number of aromatic nitrogens is 2. The van der Waals surface area contributed by atoms with E-state index >= 15 is 0 Å². The van der Waals surface area contributed by atoms with Crippen LogP contribution in [-0.4, -0.2) is 66.2 Å². The molecule has 4 rings (SSSR count). The highest BCUT2D eigenvalue weighted by Crippen LogP contribution is 2.36. The second-order valence-electron chi connectivity index (χ2n) is 7.07. The van der Waals surface area contributed by atoms with Gasteiger partial charge in [0.25, 0.3) is 0 Å². The number of amides is 1. The lowest BCUT2D eigenvalue weighted by atomic mass is 10.1. The number of rotatable bonds is 6. The molecule has 11 heteroatoms. The summed E-state index contributed by atoms with van der Waals surface area (Å²) in [6.07, 6.45) is 0.0198. The molecule has 0 aliphatic carbocycles. The third-order valence-electron chi connectivity index (χ3n) is 5.06. The van der Waals surface area contributed by atoms with Gasteiger partial charge in [-0.3, -0.25) is 9.59 Å². The summed E-state index contributed by atoms with van der Waals surface area (Å²) in [7, 11) is 1.34. The van der Waals surface area contributed by atoms with Crippen LogP contribution >= 0.6 is 22.7 Å². The number of fused-ring (bicyclic) bond motifs is 2. The molecule has 0 saturated carbocycles. The number of alkyl halides is 1. The van der Waals surface area contributed by atoms with Crippen LogP contribution in [0.5, 0.6) is 0 Å². The number of likely N-dealkylation sites (tertiary alicyclic amines) is 1. The molecule has 30 heavy (non-hydrogen) atoms. The number of methoxy groups -OCH3 is 1. The summed E-state index contributed by atoms with van der Waals surface area (Å²) in [6.45, 7) is 3.10. The van der Waals surface area contributed by atoms with Gasteiger partial charge in [0, 0.05) is 18.7 Å². The lowest BCUT2D eigenvalue weighted by Crippen LogP contribution is -2.41. The molecule has 1 aliphatic heterocycles. The number of carbonyl (C=O) groups is 2. The van der Waals surface area contributed by atoms with Crippen LogP contribution in [0.15, 0.2) is 6.07 Å². The van der Waals surface area contributed by atoms with Crippen LogP contribution in [0.1, 0.15) is 18.4 Å². The largest absolute Gasteiger partial charge is 0.468 e. The van der Waals surface area contributed by atoms with Gasteiger partial charge in [0.05, 0.1) is 34.1 Å². The van der Waals surface area contributed by atoms with E-state index in [0.717, 1.165) is 26.0 Å². The van der Waals surface area contributed by atoms with Gasteiger partial charge in [0.1, 0.15) is 12.7 Å². The fourth-order valence-corrected chi connectivity index (χ4v) is 5.36. The van der Waals surface area contributed by atoms with Crippen LogP contribution in [0.25, 0.3) is 20.4 Å². The molecular weight excluding hydrogens is 429 g/mol. The van der Waals surface area contributed by atoms with E-state index in [0.29, 0.717) is 36.2 Å². The van der Waals surface area contributed by atoms with Crippen molar-refractivity contribution in [3.63, 3.8) is 0 Å². The summed E-state index contributed by atoms with van der Waals surface area (Å²) >= 11 is 2.94. The number of esters is 1. The van der Waals surface area contributed by atoms with Crippen molar-refractivity contribution in [1.29, 1.82) is 0 Å². The molecule has 2 aromatic heterocycles. The number of thiazole rings is 2. The van der Waals surface area contributed by atoms with E-state index in [1.54, 1.807) is 4.90 Å². The van der Waals surface area contributed by atoms with Crippen LogP contribution in [0, 0.1) is 6.92 Å². The SMILES string of the molecule is COC(=O)CNc1nc2c(C)c3nc(NCC(=O)N4CCC(F)CC4)sc3cc2s1. The number of anilines is 2. The molecule has 1 fully saturated rings. The zero-order valence-corrected chi connectivity index (χ0v) is 18.3. The Kier molecular flexibility index (Phi) is 6.00. The third-order valence-corrected chi connectivity index (χ3v) is 6.98. The second kappa shape index (κ2) is 8.68. The number of hydrogen-bond acceptors (Lipinski definition) is 9. The molecule has 1 aliphatic rings. The number of ether oxygens (including phenoxy) is 1. The average Bonchev–Trinajstić information content (AvgIpc) is 3.35. The van der Waals surface area contributed by atoms with Crippen molar-refractivity contribution in [3.8, 4) is 0 Å². The minimum Gasteiger partial charge on any atom is -0.468 e. The molecule has 0 spiro atoms. The zero-order valence-electron chi connectivity index (χ0n) is 16.7. The molecule has 3 aromatic rings. The Bertz CT molecular complexity index is 1090. The maximum Gasteiger partial charge on any atom is 0.325 e. The first-order valence-corrected chi connectivity index (χ1v) is 11.2. The van der Waals surface area contributed by atoms with Gasteiger partial charge in [-0.2, -0.15) is 0 Å². The Balaban J connectivity index is 1.46. The highest BCUT2D eigenvalue weighted by Gasteiger charge is 2.22. The molecular formula is C19H22FN5O3S2. The van der Waals surface area contributed by atoms with Crippen LogP contribution in [0.2, 0.25) is 0 Å². The van der Waals surface area contributed by atoms with Crippen molar-refractivity contribution in [2.24, 2.45) is 0 Å². The van der Waals surface area contributed by atoms with E-state index in [-0.39, 0.29) is 25.0 Å². The fraction of sp³-hybridized carbons (Fsp3) is 0.474. The molecule has 3 heterocycles. The Morgan fingerprint density at radius 1 is 1.13 bits per heavy atom. The number of nitrogens with one attached hydrogen (secondary N) is 2. The van der Waals surface area contributed by atoms with Crippen LogP contribution in [0.3, 0.4) is 0 Å². The highest BCUT2D eigenvalue weighted by atomic mass is 32.1. The van der Waals surface area contributed by atoms with Gasteiger partial charge in [-0.05, 0) is 25.8 Å². The van der Waals surface area contributed by atoms with E-state index in [4.69, 9.17) is 0 Å². The molecule has 160 valence electrons. The maximum absolute atomic E-state index is 13.2. The van der Waals surface area contributed by atoms with E-state index in [1.165, 1.54) is 29.8 Å². The fourth-order valence-electron chi connectivity index (χ4n) is 3.36. The van der Waals surface area contributed by atoms with Crippen molar-refractivity contribution >= 4 is 65.2 Å². The Morgan fingerprint density at radius 2 is 1.70 bits per heavy atom. The van der Waals surface area contributed by atoms with E-state index in [2.05, 4.69) is 25.3 Å². The number of piperidine rings is 1. The average molecular weight is 452 g/mol. The Hall–Kier alpha value is -2.53. The number of hydrogen-bond donors (Lipinski definition) is 2. The monoisotopic (exact) mass is 451 g/mol. The van der Waals surface area contributed by atoms with Gasteiger partial charge < -0.3 is 20.3 Å². The van der Waals surface area contributed by atoms with Gasteiger partial charge in [0.2, 0.25) is 5.91 Å². The van der Waals surface area contributed by atoms with Crippen LogP contribution in [0.4, 0.5) is 14.7 Å². The predicted molar refractivity (Wildman–Crippen MR) is 117 cm³/mol.